The van der Waals surface area contributed by atoms with E-state index in [9.17, 15) is 0 Å². The van der Waals surface area contributed by atoms with Gasteiger partial charge in [-0.1, -0.05) is 38.1 Å². The summed E-state index contributed by atoms with van der Waals surface area (Å²) in [6.07, 6.45) is 1.97. The van der Waals surface area contributed by atoms with E-state index in [2.05, 4.69) is 43.2 Å². The highest BCUT2D eigenvalue weighted by molar-refractivity contribution is 5.68. The second-order valence-corrected chi connectivity index (χ2v) is 4.24. The van der Waals surface area contributed by atoms with E-state index >= 15 is 0 Å². The van der Waals surface area contributed by atoms with E-state index in [4.69, 9.17) is 5.73 Å². The molecule has 0 saturated heterocycles. The molecule has 0 fully saturated rings. The quantitative estimate of drug-likeness (QED) is 0.879. The van der Waals surface area contributed by atoms with Gasteiger partial charge in [-0.15, -0.1) is 0 Å². The van der Waals surface area contributed by atoms with Crippen LogP contribution in [0.25, 0.3) is 11.3 Å². The number of aryl methyl sites for hydroxylation is 2. The van der Waals surface area contributed by atoms with E-state index < -0.39 is 0 Å². The zero-order valence-corrected chi connectivity index (χ0v) is 10.7. The molecule has 0 radical (unpaired) electrons. The van der Waals surface area contributed by atoms with Gasteiger partial charge in [0.25, 0.3) is 0 Å². The van der Waals surface area contributed by atoms with Gasteiger partial charge in [-0.25, -0.2) is 0 Å². The molecule has 1 heterocycles. The summed E-state index contributed by atoms with van der Waals surface area (Å²) in [4.78, 5) is 0. The van der Waals surface area contributed by atoms with Crippen molar-refractivity contribution in [1.82, 2.24) is 9.78 Å². The highest BCUT2D eigenvalue weighted by Crippen LogP contribution is 2.27. The normalized spacial score (nSPS) is 10.8. The van der Waals surface area contributed by atoms with Crippen molar-refractivity contribution in [3.8, 4) is 11.3 Å². The highest BCUT2D eigenvalue weighted by atomic mass is 15.3. The number of aromatic nitrogens is 2. The first-order valence-corrected chi connectivity index (χ1v) is 6.08. The highest BCUT2D eigenvalue weighted by Gasteiger charge is 2.13. The molecule has 0 aliphatic heterocycles. The Balaban J connectivity index is 2.48. The number of hydrogen-bond acceptors (Lipinski definition) is 2. The van der Waals surface area contributed by atoms with E-state index in [1.165, 1.54) is 5.56 Å². The van der Waals surface area contributed by atoms with E-state index in [1.807, 2.05) is 7.05 Å². The van der Waals surface area contributed by atoms with Gasteiger partial charge in [0, 0.05) is 18.2 Å². The van der Waals surface area contributed by atoms with E-state index in [1.54, 1.807) is 4.68 Å². The monoisotopic (exact) mass is 229 g/mol. The summed E-state index contributed by atoms with van der Waals surface area (Å²) < 4.78 is 1.75. The lowest BCUT2D eigenvalue weighted by molar-refractivity contribution is 0.781. The van der Waals surface area contributed by atoms with E-state index in [-0.39, 0.29) is 0 Å². The molecule has 90 valence electrons. The average Bonchev–Trinajstić information content (AvgIpc) is 2.65. The summed E-state index contributed by atoms with van der Waals surface area (Å²) in [6.45, 7) is 4.27. The topological polar surface area (TPSA) is 43.8 Å². The molecule has 0 spiro atoms. The van der Waals surface area contributed by atoms with Gasteiger partial charge in [-0.3, -0.25) is 4.68 Å². The SMILES string of the molecule is CCc1ccc(-c2nn(C)c(N)c2CC)cc1. The first-order chi connectivity index (χ1) is 8.17. The Labute approximate surface area is 102 Å². The molecule has 0 bridgehead atoms. The maximum absolute atomic E-state index is 6.01. The minimum atomic E-state index is 0.766. The van der Waals surface area contributed by atoms with Crippen LogP contribution < -0.4 is 5.73 Å². The second kappa shape index (κ2) is 4.62. The average molecular weight is 229 g/mol. The van der Waals surface area contributed by atoms with Crippen molar-refractivity contribution in [1.29, 1.82) is 0 Å². The van der Waals surface area contributed by atoms with Gasteiger partial charge in [-0.2, -0.15) is 5.10 Å². The molecule has 0 atom stereocenters. The number of rotatable bonds is 3. The number of nitrogen functional groups attached to an aromatic ring is 1. The molecule has 0 saturated carbocycles. The molecule has 1 aromatic carbocycles. The lowest BCUT2D eigenvalue weighted by Gasteiger charge is -2.02. The molecule has 0 unspecified atom stereocenters. The summed E-state index contributed by atoms with van der Waals surface area (Å²) in [5.41, 5.74) is 10.6. The van der Waals surface area contributed by atoms with Crippen molar-refractivity contribution in [2.75, 3.05) is 5.73 Å². The van der Waals surface area contributed by atoms with Gasteiger partial charge in [-0.05, 0) is 18.4 Å². The van der Waals surface area contributed by atoms with Crippen LogP contribution in [-0.4, -0.2) is 9.78 Å². The number of benzene rings is 1. The Morgan fingerprint density at radius 2 is 1.76 bits per heavy atom. The lowest BCUT2D eigenvalue weighted by Crippen LogP contribution is -1.98. The van der Waals surface area contributed by atoms with Crippen LogP contribution in [-0.2, 0) is 19.9 Å². The maximum Gasteiger partial charge on any atom is 0.125 e. The maximum atomic E-state index is 6.01. The summed E-state index contributed by atoms with van der Waals surface area (Å²) in [5.74, 6) is 0.766. The molecule has 2 N–H and O–H groups in total. The van der Waals surface area contributed by atoms with Crippen molar-refractivity contribution >= 4 is 5.82 Å². The van der Waals surface area contributed by atoms with Crippen LogP contribution in [0, 0.1) is 0 Å². The zero-order chi connectivity index (χ0) is 12.4. The first-order valence-electron chi connectivity index (χ1n) is 6.08. The largest absolute Gasteiger partial charge is 0.384 e. The third-order valence-electron chi connectivity index (χ3n) is 3.18. The lowest BCUT2D eigenvalue weighted by atomic mass is 10.0. The standard InChI is InChI=1S/C14H19N3/c1-4-10-6-8-11(9-7-10)13-12(5-2)14(15)17(3)16-13/h6-9H,4-5,15H2,1-3H3. The molecule has 2 rings (SSSR count). The van der Waals surface area contributed by atoms with Crippen molar-refractivity contribution in [3.05, 3.63) is 35.4 Å². The van der Waals surface area contributed by atoms with Crippen molar-refractivity contribution in [2.24, 2.45) is 7.05 Å². The van der Waals surface area contributed by atoms with Gasteiger partial charge < -0.3 is 5.73 Å². The third kappa shape index (κ3) is 2.05. The van der Waals surface area contributed by atoms with Crippen LogP contribution in [0.4, 0.5) is 5.82 Å². The Kier molecular flexibility index (Phi) is 3.18. The molecular formula is C14H19N3. The molecule has 0 aliphatic carbocycles. The van der Waals surface area contributed by atoms with Crippen LogP contribution >= 0.6 is 0 Å². The third-order valence-corrected chi connectivity index (χ3v) is 3.18. The molecule has 0 amide bonds. The number of hydrogen-bond donors (Lipinski definition) is 1. The van der Waals surface area contributed by atoms with Crippen molar-refractivity contribution in [3.63, 3.8) is 0 Å². The predicted octanol–water partition coefficient (Wildman–Crippen LogP) is 2.79. The van der Waals surface area contributed by atoms with E-state index in [0.717, 1.165) is 35.5 Å². The fourth-order valence-electron chi connectivity index (χ4n) is 2.06. The fourth-order valence-corrected chi connectivity index (χ4v) is 2.06. The number of nitrogens with zero attached hydrogens (tertiary/aromatic N) is 2. The van der Waals surface area contributed by atoms with Gasteiger partial charge >= 0.3 is 0 Å². The second-order valence-electron chi connectivity index (χ2n) is 4.24. The van der Waals surface area contributed by atoms with Gasteiger partial charge in [0.2, 0.25) is 0 Å². The molecule has 3 heteroatoms. The summed E-state index contributed by atoms with van der Waals surface area (Å²) in [5, 5.41) is 4.50. The van der Waals surface area contributed by atoms with Crippen molar-refractivity contribution in [2.45, 2.75) is 26.7 Å². The van der Waals surface area contributed by atoms with E-state index in [0.29, 0.717) is 0 Å². The first kappa shape index (κ1) is 11.7. The zero-order valence-electron chi connectivity index (χ0n) is 10.7. The van der Waals surface area contributed by atoms with Crippen LogP contribution in [0.2, 0.25) is 0 Å². The number of nitrogens with two attached hydrogens (primary N) is 1. The van der Waals surface area contributed by atoms with Crippen LogP contribution in [0.15, 0.2) is 24.3 Å². The molecule has 3 nitrogen and oxygen atoms in total. The fraction of sp³-hybridized carbons (Fsp3) is 0.357. The Morgan fingerprint density at radius 1 is 1.12 bits per heavy atom. The molecule has 0 aliphatic rings. The smallest absolute Gasteiger partial charge is 0.125 e. The van der Waals surface area contributed by atoms with Crippen molar-refractivity contribution < 1.29 is 0 Å². The molecule has 2 aromatic rings. The minimum absolute atomic E-state index is 0.766. The molecule has 1 aromatic heterocycles. The van der Waals surface area contributed by atoms with Crippen LogP contribution in [0.1, 0.15) is 25.0 Å². The van der Waals surface area contributed by atoms with Gasteiger partial charge in [0.1, 0.15) is 5.82 Å². The summed E-state index contributed by atoms with van der Waals surface area (Å²) in [6, 6.07) is 8.55. The summed E-state index contributed by atoms with van der Waals surface area (Å²) in [7, 11) is 1.89. The summed E-state index contributed by atoms with van der Waals surface area (Å²) >= 11 is 0. The van der Waals surface area contributed by atoms with Crippen LogP contribution in [0.3, 0.4) is 0 Å². The predicted molar refractivity (Wildman–Crippen MR) is 71.8 cm³/mol. The molecule has 17 heavy (non-hydrogen) atoms. The van der Waals surface area contributed by atoms with Crippen LogP contribution in [0.5, 0.6) is 0 Å². The minimum Gasteiger partial charge on any atom is -0.384 e. The Bertz CT molecular complexity index is 509. The van der Waals surface area contributed by atoms with Gasteiger partial charge in [0.05, 0.1) is 5.69 Å². The van der Waals surface area contributed by atoms with Gasteiger partial charge in [0.15, 0.2) is 0 Å². The Morgan fingerprint density at radius 3 is 2.29 bits per heavy atom. The number of anilines is 1. The molecular weight excluding hydrogens is 210 g/mol. The Hall–Kier alpha value is -1.77.